The van der Waals surface area contributed by atoms with Crippen molar-refractivity contribution >= 4 is 6.21 Å². The minimum atomic E-state index is 0.762. The van der Waals surface area contributed by atoms with Crippen molar-refractivity contribution in [2.24, 2.45) is 10.9 Å². The Balaban J connectivity index is 2.04. The summed E-state index contributed by atoms with van der Waals surface area (Å²) >= 11 is 0. The molecule has 1 aromatic carbocycles. The molecule has 1 aliphatic heterocycles. The Bertz CT molecular complexity index is 367. The lowest BCUT2D eigenvalue weighted by Gasteiger charge is -2.34. The van der Waals surface area contributed by atoms with Gasteiger partial charge in [0.1, 0.15) is 0 Å². The van der Waals surface area contributed by atoms with Crippen molar-refractivity contribution in [2.45, 2.75) is 25.2 Å². The number of aryl methyl sites for hydroxylation is 1. The van der Waals surface area contributed by atoms with E-state index in [1.54, 1.807) is 11.1 Å². The Labute approximate surface area is 84.9 Å². The molecule has 1 nitrogen and oxygen atoms in total. The van der Waals surface area contributed by atoms with Crippen LogP contribution in [0.4, 0.5) is 0 Å². The molecular weight excluding hydrogens is 170 g/mol. The van der Waals surface area contributed by atoms with Crippen LogP contribution in [0.25, 0.3) is 0 Å². The van der Waals surface area contributed by atoms with Crippen molar-refractivity contribution < 1.29 is 0 Å². The van der Waals surface area contributed by atoms with Gasteiger partial charge in [0.2, 0.25) is 0 Å². The molecule has 0 bridgehead atoms. The normalized spacial score (nSPS) is 29.4. The molecule has 2 unspecified atom stereocenters. The van der Waals surface area contributed by atoms with Crippen LogP contribution in [0.1, 0.15) is 29.9 Å². The number of nitrogens with zero attached hydrogens (tertiary/aromatic N) is 1. The summed E-state index contributed by atoms with van der Waals surface area (Å²) in [4.78, 5) is 4.41. The summed E-state index contributed by atoms with van der Waals surface area (Å²) in [6.45, 7) is 1.05. The van der Waals surface area contributed by atoms with Gasteiger partial charge in [-0.3, -0.25) is 4.99 Å². The van der Waals surface area contributed by atoms with Crippen LogP contribution in [0.5, 0.6) is 0 Å². The monoisotopic (exact) mass is 185 g/mol. The first-order valence-electron chi connectivity index (χ1n) is 5.51. The number of hydrogen-bond donors (Lipinski definition) is 0. The lowest BCUT2D eigenvalue weighted by Crippen LogP contribution is -2.26. The highest BCUT2D eigenvalue weighted by Gasteiger charge is 2.29. The molecule has 1 heteroatoms. The van der Waals surface area contributed by atoms with Gasteiger partial charge in [-0.2, -0.15) is 0 Å². The molecule has 1 heterocycles. The zero-order chi connectivity index (χ0) is 9.38. The molecule has 0 aromatic heterocycles. The van der Waals surface area contributed by atoms with E-state index in [0.717, 1.165) is 24.8 Å². The van der Waals surface area contributed by atoms with Gasteiger partial charge in [0.15, 0.2) is 0 Å². The highest BCUT2D eigenvalue weighted by Crippen LogP contribution is 2.39. The predicted molar refractivity (Wildman–Crippen MR) is 59.0 cm³/mol. The first kappa shape index (κ1) is 8.22. The zero-order valence-corrected chi connectivity index (χ0v) is 8.32. The molecule has 1 aliphatic carbocycles. The Kier molecular flexibility index (Phi) is 1.90. The fourth-order valence-electron chi connectivity index (χ4n) is 2.86. The van der Waals surface area contributed by atoms with Gasteiger partial charge in [-0.15, -0.1) is 0 Å². The molecular formula is C13H15N. The largest absolute Gasteiger partial charge is 0.297 e. The van der Waals surface area contributed by atoms with Crippen molar-refractivity contribution in [3.63, 3.8) is 0 Å². The quantitative estimate of drug-likeness (QED) is 0.589. The van der Waals surface area contributed by atoms with Crippen LogP contribution >= 0.6 is 0 Å². The molecule has 14 heavy (non-hydrogen) atoms. The Hall–Kier alpha value is -1.11. The van der Waals surface area contributed by atoms with E-state index in [1.807, 2.05) is 0 Å². The zero-order valence-electron chi connectivity index (χ0n) is 8.32. The molecule has 2 aliphatic rings. The van der Waals surface area contributed by atoms with Crippen molar-refractivity contribution in [3.05, 3.63) is 35.4 Å². The summed E-state index contributed by atoms with van der Waals surface area (Å²) in [5, 5.41) is 0. The van der Waals surface area contributed by atoms with E-state index >= 15 is 0 Å². The van der Waals surface area contributed by atoms with Gasteiger partial charge in [0.05, 0.1) is 0 Å². The smallest absolute Gasteiger partial charge is 0.0419 e. The highest BCUT2D eigenvalue weighted by atomic mass is 14.7. The average molecular weight is 185 g/mol. The van der Waals surface area contributed by atoms with Gasteiger partial charge in [-0.05, 0) is 48.4 Å². The Morgan fingerprint density at radius 2 is 2.14 bits per heavy atom. The maximum Gasteiger partial charge on any atom is 0.0419 e. The average Bonchev–Trinajstić information content (AvgIpc) is 2.29. The van der Waals surface area contributed by atoms with E-state index in [9.17, 15) is 0 Å². The van der Waals surface area contributed by atoms with Gasteiger partial charge in [-0.1, -0.05) is 24.3 Å². The van der Waals surface area contributed by atoms with Crippen LogP contribution in [0, 0.1) is 5.92 Å². The van der Waals surface area contributed by atoms with Gasteiger partial charge in [0.25, 0.3) is 0 Å². The molecule has 0 spiro atoms. The van der Waals surface area contributed by atoms with Crippen LogP contribution in [-0.2, 0) is 6.42 Å². The summed E-state index contributed by atoms with van der Waals surface area (Å²) < 4.78 is 0. The summed E-state index contributed by atoms with van der Waals surface area (Å²) in [5.74, 6) is 1.58. The second-order valence-corrected chi connectivity index (χ2v) is 4.39. The molecule has 0 radical (unpaired) electrons. The van der Waals surface area contributed by atoms with Crippen LogP contribution in [0.15, 0.2) is 29.3 Å². The number of aliphatic imine (C=N–C) groups is 1. The second kappa shape index (κ2) is 3.23. The standard InChI is InChI=1S/C13H15N/c1-2-4-12-10(3-1)5-6-11-9-14-8-7-13(11)12/h1-4,8,11,13H,5-7,9H2. The van der Waals surface area contributed by atoms with E-state index in [1.165, 1.54) is 12.8 Å². The fraction of sp³-hybridized carbons (Fsp3) is 0.462. The van der Waals surface area contributed by atoms with Gasteiger partial charge >= 0.3 is 0 Å². The lowest BCUT2D eigenvalue weighted by atomic mass is 9.73. The third-order valence-electron chi connectivity index (χ3n) is 3.64. The topological polar surface area (TPSA) is 12.4 Å². The van der Waals surface area contributed by atoms with Gasteiger partial charge < -0.3 is 0 Å². The summed E-state index contributed by atoms with van der Waals surface area (Å²) in [6, 6.07) is 8.94. The van der Waals surface area contributed by atoms with Crippen molar-refractivity contribution in [3.8, 4) is 0 Å². The van der Waals surface area contributed by atoms with Crippen LogP contribution in [0.3, 0.4) is 0 Å². The molecule has 1 aromatic rings. The fourth-order valence-corrected chi connectivity index (χ4v) is 2.86. The second-order valence-electron chi connectivity index (χ2n) is 4.39. The first-order valence-corrected chi connectivity index (χ1v) is 5.51. The Morgan fingerprint density at radius 1 is 1.21 bits per heavy atom. The molecule has 0 saturated carbocycles. The van der Waals surface area contributed by atoms with Gasteiger partial charge in [0, 0.05) is 6.54 Å². The third kappa shape index (κ3) is 1.19. The maximum atomic E-state index is 4.41. The summed E-state index contributed by atoms with van der Waals surface area (Å²) in [6.07, 6.45) is 5.86. The molecule has 3 rings (SSSR count). The minimum Gasteiger partial charge on any atom is -0.297 e. The highest BCUT2D eigenvalue weighted by molar-refractivity contribution is 5.61. The SMILES string of the molecule is C1=NCC2CCc3ccccc3C2C1. The van der Waals surface area contributed by atoms with Gasteiger partial charge in [-0.25, -0.2) is 0 Å². The van der Waals surface area contributed by atoms with E-state index < -0.39 is 0 Å². The first-order chi connectivity index (χ1) is 6.95. The predicted octanol–water partition coefficient (Wildman–Crippen LogP) is 2.81. The molecule has 0 fully saturated rings. The molecule has 0 amide bonds. The number of rotatable bonds is 0. The molecule has 72 valence electrons. The van der Waals surface area contributed by atoms with Crippen molar-refractivity contribution in [1.29, 1.82) is 0 Å². The van der Waals surface area contributed by atoms with Crippen LogP contribution < -0.4 is 0 Å². The third-order valence-corrected chi connectivity index (χ3v) is 3.64. The van der Waals surface area contributed by atoms with E-state index in [-0.39, 0.29) is 0 Å². The number of fused-ring (bicyclic) bond motifs is 3. The lowest BCUT2D eigenvalue weighted by molar-refractivity contribution is 0.378. The minimum absolute atomic E-state index is 0.762. The molecule has 0 saturated heterocycles. The van der Waals surface area contributed by atoms with E-state index in [4.69, 9.17) is 0 Å². The summed E-state index contributed by atoms with van der Waals surface area (Å²) in [7, 11) is 0. The Morgan fingerprint density at radius 3 is 3.14 bits per heavy atom. The van der Waals surface area contributed by atoms with Crippen molar-refractivity contribution in [1.82, 2.24) is 0 Å². The molecule has 2 atom stereocenters. The summed E-state index contributed by atoms with van der Waals surface area (Å²) in [5.41, 5.74) is 3.17. The van der Waals surface area contributed by atoms with E-state index in [0.29, 0.717) is 0 Å². The number of benzene rings is 1. The number of hydrogen-bond acceptors (Lipinski definition) is 1. The van der Waals surface area contributed by atoms with Crippen LogP contribution in [-0.4, -0.2) is 12.8 Å². The molecule has 0 N–H and O–H groups in total. The van der Waals surface area contributed by atoms with Crippen molar-refractivity contribution in [2.75, 3.05) is 6.54 Å². The maximum absolute atomic E-state index is 4.41. The van der Waals surface area contributed by atoms with Crippen LogP contribution in [0.2, 0.25) is 0 Å². The van der Waals surface area contributed by atoms with E-state index in [2.05, 4.69) is 35.5 Å².